The van der Waals surface area contributed by atoms with Crippen LogP contribution in [0.15, 0.2) is 12.1 Å². The van der Waals surface area contributed by atoms with Crippen molar-refractivity contribution in [3.63, 3.8) is 0 Å². The number of likely N-dealkylation sites (N-methyl/N-ethyl adjacent to an activating group) is 1. The number of phenols is 1. The lowest BCUT2D eigenvalue weighted by Crippen LogP contribution is -2.26. The molecule has 2 N–H and O–H groups in total. The molecule has 1 aromatic rings. The summed E-state index contributed by atoms with van der Waals surface area (Å²) in [6, 6.07) is 2.19. The van der Waals surface area contributed by atoms with Gasteiger partial charge in [-0.2, -0.15) is 0 Å². The Kier molecular flexibility index (Phi) is 4.64. The fourth-order valence-corrected chi connectivity index (χ4v) is 1.46. The van der Waals surface area contributed by atoms with E-state index in [1.807, 2.05) is 11.8 Å². The Morgan fingerprint density at radius 3 is 2.25 bits per heavy atom. The van der Waals surface area contributed by atoms with Gasteiger partial charge in [-0.1, -0.05) is 6.92 Å². The van der Waals surface area contributed by atoms with Gasteiger partial charge in [-0.15, -0.1) is 0 Å². The van der Waals surface area contributed by atoms with Gasteiger partial charge < -0.3 is 10.2 Å². The Morgan fingerprint density at radius 2 is 1.81 bits per heavy atom. The molecule has 0 heterocycles. The predicted molar refractivity (Wildman–Crippen MR) is 56.1 cm³/mol. The van der Waals surface area contributed by atoms with Crippen LogP contribution in [0.2, 0.25) is 0 Å². The lowest BCUT2D eigenvalue weighted by molar-refractivity contribution is 0.196. The topological polar surface area (TPSA) is 43.7 Å². The maximum Gasteiger partial charge on any atom is 0.187 e. The number of aromatic hydroxyl groups is 1. The van der Waals surface area contributed by atoms with E-state index in [0.717, 1.165) is 12.1 Å². The summed E-state index contributed by atoms with van der Waals surface area (Å²) in [5, 5.41) is 17.7. The number of aliphatic hydroxyl groups is 1. The molecular weight excluding hydrogens is 216 g/mol. The Balaban J connectivity index is 2.80. The maximum absolute atomic E-state index is 13.0. The second-order valence-corrected chi connectivity index (χ2v) is 3.50. The van der Waals surface area contributed by atoms with Crippen LogP contribution in [0.4, 0.5) is 8.78 Å². The Labute approximate surface area is 92.9 Å². The third kappa shape index (κ3) is 3.15. The molecule has 0 saturated heterocycles. The smallest absolute Gasteiger partial charge is 0.187 e. The van der Waals surface area contributed by atoms with E-state index in [4.69, 9.17) is 10.2 Å². The van der Waals surface area contributed by atoms with E-state index in [1.165, 1.54) is 0 Å². The molecule has 1 rings (SSSR count). The minimum atomic E-state index is -0.963. The molecule has 0 spiro atoms. The molecule has 0 atom stereocenters. The molecule has 0 aromatic heterocycles. The fraction of sp³-hybridized carbons (Fsp3) is 0.455. The number of rotatable bonds is 5. The molecule has 1 aromatic carbocycles. The summed E-state index contributed by atoms with van der Waals surface area (Å²) in [4.78, 5) is 1.84. The van der Waals surface area contributed by atoms with Crippen LogP contribution < -0.4 is 0 Å². The number of benzene rings is 1. The average molecular weight is 231 g/mol. The number of nitrogens with zero attached hydrogens (tertiary/aromatic N) is 1. The monoisotopic (exact) mass is 231 g/mol. The molecule has 0 aliphatic carbocycles. The van der Waals surface area contributed by atoms with E-state index in [2.05, 4.69) is 0 Å². The molecule has 0 aliphatic rings. The summed E-state index contributed by atoms with van der Waals surface area (Å²) in [6.07, 6.45) is 0. The van der Waals surface area contributed by atoms with Crippen LogP contribution in [-0.2, 0) is 6.54 Å². The summed E-state index contributed by atoms with van der Waals surface area (Å²) in [6.45, 7) is 3.34. The second kappa shape index (κ2) is 5.77. The summed E-state index contributed by atoms with van der Waals surface area (Å²) in [5.74, 6) is -2.88. The predicted octanol–water partition coefficient (Wildman–Crippen LogP) is 1.48. The number of halogens is 2. The second-order valence-electron chi connectivity index (χ2n) is 3.50. The lowest BCUT2D eigenvalue weighted by atomic mass is 10.2. The minimum Gasteiger partial charge on any atom is -0.503 e. The van der Waals surface area contributed by atoms with Crippen LogP contribution in [0, 0.1) is 11.6 Å². The Hall–Kier alpha value is -1.20. The van der Waals surface area contributed by atoms with E-state index < -0.39 is 17.4 Å². The molecule has 0 aliphatic heterocycles. The minimum absolute atomic E-state index is 0.00309. The van der Waals surface area contributed by atoms with E-state index in [9.17, 15) is 8.78 Å². The van der Waals surface area contributed by atoms with Gasteiger partial charge in [0.2, 0.25) is 0 Å². The average Bonchev–Trinajstić information content (AvgIpc) is 2.25. The van der Waals surface area contributed by atoms with Gasteiger partial charge in [-0.05, 0) is 24.2 Å². The van der Waals surface area contributed by atoms with Crippen molar-refractivity contribution in [3.8, 4) is 5.75 Å². The van der Waals surface area contributed by atoms with Gasteiger partial charge in [0.05, 0.1) is 6.61 Å². The van der Waals surface area contributed by atoms with Crippen molar-refractivity contribution in [1.29, 1.82) is 0 Å². The first-order valence-electron chi connectivity index (χ1n) is 5.08. The highest BCUT2D eigenvalue weighted by Gasteiger charge is 2.11. The molecular formula is C11H15F2NO2. The van der Waals surface area contributed by atoms with Gasteiger partial charge >= 0.3 is 0 Å². The highest BCUT2D eigenvalue weighted by atomic mass is 19.1. The van der Waals surface area contributed by atoms with Crippen LogP contribution in [0.25, 0.3) is 0 Å². The summed E-state index contributed by atoms with van der Waals surface area (Å²) in [7, 11) is 0. The number of phenolic OH excluding ortho intramolecular Hbond substituents is 1. The zero-order valence-corrected chi connectivity index (χ0v) is 9.08. The molecule has 0 saturated carbocycles. The summed E-state index contributed by atoms with van der Waals surface area (Å²) >= 11 is 0. The Bertz CT molecular complexity index is 335. The van der Waals surface area contributed by atoms with E-state index in [1.54, 1.807) is 0 Å². The zero-order chi connectivity index (χ0) is 12.1. The van der Waals surface area contributed by atoms with E-state index >= 15 is 0 Å². The molecule has 0 radical (unpaired) electrons. The van der Waals surface area contributed by atoms with Crippen molar-refractivity contribution in [2.45, 2.75) is 13.5 Å². The third-order valence-electron chi connectivity index (χ3n) is 2.35. The highest BCUT2D eigenvalue weighted by Crippen LogP contribution is 2.22. The van der Waals surface area contributed by atoms with Crippen LogP contribution in [0.3, 0.4) is 0 Å². The molecule has 3 nitrogen and oxygen atoms in total. The molecule has 0 fully saturated rings. The molecule has 90 valence electrons. The molecule has 0 amide bonds. The summed E-state index contributed by atoms with van der Waals surface area (Å²) < 4.78 is 26.0. The first kappa shape index (κ1) is 12.9. The molecule has 16 heavy (non-hydrogen) atoms. The fourth-order valence-electron chi connectivity index (χ4n) is 1.46. The third-order valence-corrected chi connectivity index (χ3v) is 2.35. The first-order valence-corrected chi connectivity index (χ1v) is 5.08. The van der Waals surface area contributed by atoms with Crippen molar-refractivity contribution in [3.05, 3.63) is 29.3 Å². The van der Waals surface area contributed by atoms with Crippen molar-refractivity contribution in [1.82, 2.24) is 4.90 Å². The van der Waals surface area contributed by atoms with Crippen LogP contribution in [0.1, 0.15) is 12.5 Å². The van der Waals surface area contributed by atoms with Gasteiger partial charge in [-0.25, -0.2) is 8.78 Å². The zero-order valence-electron chi connectivity index (χ0n) is 9.08. The normalized spacial score (nSPS) is 11.1. The van der Waals surface area contributed by atoms with Crippen LogP contribution in [0.5, 0.6) is 5.75 Å². The standard InChI is InChI=1S/C11H15F2NO2/c1-2-14(3-4-15)7-8-5-9(12)11(16)10(13)6-8/h5-6,15-16H,2-4,7H2,1H3. The Morgan fingerprint density at radius 1 is 1.25 bits per heavy atom. The first-order chi connectivity index (χ1) is 7.58. The van der Waals surface area contributed by atoms with Gasteiger partial charge in [-0.3, -0.25) is 4.90 Å². The quantitative estimate of drug-likeness (QED) is 0.806. The SMILES string of the molecule is CCN(CCO)Cc1cc(F)c(O)c(F)c1. The maximum atomic E-state index is 13.0. The van der Waals surface area contributed by atoms with Gasteiger partial charge in [0.25, 0.3) is 0 Å². The van der Waals surface area contributed by atoms with Gasteiger partial charge in [0.15, 0.2) is 17.4 Å². The van der Waals surface area contributed by atoms with E-state index in [-0.39, 0.29) is 6.61 Å². The number of hydrogen-bond acceptors (Lipinski definition) is 3. The largest absolute Gasteiger partial charge is 0.503 e. The van der Waals surface area contributed by atoms with Crippen molar-refractivity contribution >= 4 is 0 Å². The van der Waals surface area contributed by atoms with E-state index in [0.29, 0.717) is 25.2 Å². The van der Waals surface area contributed by atoms with Crippen molar-refractivity contribution in [2.24, 2.45) is 0 Å². The molecule has 5 heteroatoms. The van der Waals surface area contributed by atoms with Crippen LogP contribution in [-0.4, -0.2) is 34.8 Å². The van der Waals surface area contributed by atoms with Crippen molar-refractivity contribution in [2.75, 3.05) is 19.7 Å². The van der Waals surface area contributed by atoms with Crippen molar-refractivity contribution < 1.29 is 19.0 Å². The molecule has 0 bridgehead atoms. The number of aliphatic hydroxyl groups excluding tert-OH is 1. The molecule has 0 unspecified atom stereocenters. The lowest BCUT2D eigenvalue weighted by Gasteiger charge is -2.19. The van der Waals surface area contributed by atoms with Gasteiger partial charge in [0, 0.05) is 13.1 Å². The van der Waals surface area contributed by atoms with Crippen LogP contribution >= 0.6 is 0 Å². The number of hydrogen-bond donors (Lipinski definition) is 2. The van der Waals surface area contributed by atoms with Gasteiger partial charge in [0.1, 0.15) is 0 Å². The highest BCUT2D eigenvalue weighted by molar-refractivity contribution is 5.29. The summed E-state index contributed by atoms with van der Waals surface area (Å²) in [5.41, 5.74) is 0.433.